The molecule has 60 valence electrons. The van der Waals surface area contributed by atoms with Crippen LogP contribution in [0.1, 0.15) is 6.92 Å². The largest absolute Gasteiger partial charge is 0.462 e. The maximum atomic E-state index is 10.1. The fraction of sp³-hybridized carbons (Fsp3) is 0.750. The molecule has 0 fully saturated rings. The third kappa shape index (κ3) is 4.42. The summed E-state index contributed by atoms with van der Waals surface area (Å²) in [4.78, 5) is 10.1. The highest BCUT2D eigenvalue weighted by molar-refractivity contribution is 7.79. The molecular formula is C4H8O5S. The lowest BCUT2D eigenvalue weighted by Gasteiger charge is -2.04. The zero-order valence-electron chi connectivity index (χ0n) is 5.31. The van der Waals surface area contributed by atoms with Crippen molar-refractivity contribution in [2.45, 2.75) is 12.4 Å². The van der Waals surface area contributed by atoms with E-state index in [1.54, 1.807) is 0 Å². The first kappa shape index (κ1) is 9.54. The number of ether oxygens (including phenoxy) is 1. The first-order chi connectivity index (χ1) is 4.54. The van der Waals surface area contributed by atoms with Crippen molar-refractivity contribution in [3.63, 3.8) is 0 Å². The maximum absolute atomic E-state index is 10.1. The molecule has 0 aliphatic heterocycles. The molecule has 0 aromatic heterocycles. The molecule has 2 N–H and O–H groups in total. The topological polar surface area (TPSA) is 83.8 Å². The van der Waals surface area contributed by atoms with Crippen LogP contribution in [0.4, 0.5) is 0 Å². The fourth-order valence-electron chi connectivity index (χ4n) is 0.247. The first-order valence-corrected chi connectivity index (χ1v) is 3.62. The summed E-state index contributed by atoms with van der Waals surface area (Å²) in [6.07, 6.45) is 0. The smallest absolute Gasteiger partial charge is 0.302 e. The zero-order chi connectivity index (χ0) is 8.15. The number of aliphatic hydroxyl groups is 1. The minimum atomic E-state index is -2.35. The van der Waals surface area contributed by atoms with E-state index in [0.29, 0.717) is 0 Å². The third-order valence-corrected chi connectivity index (χ3v) is 1.26. The molecule has 0 heterocycles. The van der Waals surface area contributed by atoms with Crippen LogP contribution in [0, 0.1) is 0 Å². The summed E-state index contributed by atoms with van der Waals surface area (Å²) in [6, 6.07) is 0. The summed E-state index contributed by atoms with van der Waals surface area (Å²) >= 11 is -2.35. The molecule has 0 aliphatic carbocycles. The molecule has 0 rings (SSSR count). The van der Waals surface area contributed by atoms with Crippen molar-refractivity contribution in [3.8, 4) is 0 Å². The van der Waals surface area contributed by atoms with Crippen LogP contribution in [-0.2, 0) is 20.6 Å². The second kappa shape index (κ2) is 4.37. The molecule has 0 bridgehead atoms. The standard InChI is InChI=1S/C4H8O5S/c1-3(5)9-2-4(6)10(7)8/h4,6H,2H2,1H3,(H,7,8). The van der Waals surface area contributed by atoms with Crippen molar-refractivity contribution >= 4 is 17.0 Å². The summed E-state index contributed by atoms with van der Waals surface area (Å²) in [5.74, 6) is -0.593. The molecule has 0 aromatic rings. The molecule has 0 radical (unpaired) electrons. The van der Waals surface area contributed by atoms with Crippen molar-refractivity contribution in [2.75, 3.05) is 6.61 Å². The molecule has 5 nitrogen and oxygen atoms in total. The van der Waals surface area contributed by atoms with Gasteiger partial charge in [-0.25, -0.2) is 4.21 Å². The van der Waals surface area contributed by atoms with Gasteiger partial charge in [0.25, 0.3) is 0 Å². The van der Waals surface area contributed by atoms with E-state index in [9.17, 15) is 9.00 Å². The van der Waals surface area contributed by atoms with Gasteiger partial charge in [0, 0.05) is 6.92 Å². The van der Waals surface area contributed by atoms with Gasteiger partial charge in [0.2, 0.25) is 0 Å². The Morgan fingerprint density at radius 2 is 2.30 bits per heavy atom. The van der Waals surface area contributed by atoms with E-state index in [-0.39, 0.29) is 0 Å². The average Bonchev–Trinajstić information content (AvgIpc) is 1.82. The van der Waals surface area contributed by atoms with Gasteiger partial charge in [-0.2, -0.15) is 0 Å². The summed E-state index contributed by atoms with van der Waals surface area (Å²) in [7, 11) is 0. The number of carbonyl (C=O) groups is 1. The van der Waals surface area contributed by atoms with Crippen LogP contribution in [-0.4, -0.2) is 31.9 Å². The predicted molar refractivity (Wildman–Crippen MR) is 33.4 cm³/mol. The normalized spacial score (nSPS) is 15.9. The van der Waals surface area contributed by atoms with Crippen LogP contribution in [0.15, 0.2) is 0 Å². The van der Waals surface area contributed by atoms with Crippen molar-refractivity contribution in [2.24, 2.45) is 0 Å². The van der Waals surface area contributed by atoms with Crippen LogP contribution in [0.25, 0.3) is 0 Å². The van der Waals surface area contributed by atoms with Crippen molar-refractivity contribution in [1.29, 1.82) is 0 Å². The second-order valence-electron chi connectivity index (χ2n) is 1.53. The second-order valence-corrected chi connectivity index (χ2v) is 2.63. The quantitative estimate of drug-likeness (QED) is 0.421. The van der Waals surface area contributed by atoms with Crippen LogP contribution < -0.4 is 0 Å². The number of carbonyl (C=O) groups excluding carboxylic acids is 1. The van der Waals surface area contributed by atoms with Gasteiger partial charge in [0.15, 0.2) is 16.5 Å². The lowest BCUT2D eigenvalue weighted by Crippen LogP contribution is -2.21. The minimum Gasteiger partial charge on any atom is -0.462 e. The molecule has 0 spiro atoms. The van der Waals surface area contributed by atoms with Crippen molar-refractivity contribution < 1.29 is 23.4 Å². The Labute approximate surface area is 60.3 Å². The van der Waals surface area contributed by atoms with Crippen LogP contribution in [0.3, 0.4) is 0 Å². The molecule has 6 heteroatoms. The monoisotopic (exact) mass is 168 g/mol. The molecular weight excluding hydrogens is 160 g/mol. The molecule has 2 unspecified atom stereocenters. The van der Waals surface area contributed by atoms with E-state index in [1.807, 2.05) is 0 Å². The van der Waals surface area contributed by atoms with Crippen molar-refractivity contribution in [3.05, 3.63) is 0 Å². The summed E-state index contributed by atoms with van der Waals surface area (Å²) < 4.78 is 22.4. The van der Waals surface area contributed by atoms with E-state index in [0.717, 1.165) is 6.92 Å². The molecule has 0 aliphatic rings. The Balaban J connectivity index is 3.49. The van der Waals surface area contributed by atoms with Gasteiger partial charge in [-0.3, -0.25) is 4.79 Å². The summed E-state index contributed by atoms with van der Waals surface area (Å²) in [5, 5.41) is 8.55. The van der Waals surface area contributed by atoms with Gasteiger partial charge in [-0.05, 0) is 0 Å². The Hall–Kier alpha value is -0.460. The minimum absolute atomic E-state index is 0.446. The highest BCUT2D eigenvalue weighted by Crippen LogP contribution is 1.89. The molecule has 0 saturated heterocycles. The van der Waals surface area contributed by atoms with Gasteiger partial charge in [-0.1, -0.05) is 0 Å². The highest BCUT2D eigenvalue weighted by Gasteiger charge is 2.11. The van der Waals surface area contributed by atoms with Crippen LogP contribution in [0.5, 0.6) is 0 Å². The fourth-order valence-corrected chi connectivity index (χ4v) is 0.431. The van der Waals surface area contributed by atoms with E-state index < -0.39 is 29.1 Å². The number of hydrogen-bond acceptors (Lipinski definition) is 4. The molecule has 0 saturated carbocycles. The number of rotatable bonds is 3. The average molecular weight is 168 g/mol. The Kier molecular flexibility index (Phi) is 4.17. The Morgan fingerprint density at radius 1 is 1.80 bits per heavy atom. The number of hydrogen-bond donors (Lipinski definition) is 2. The lowest BCUT2D eigenvalue weighted by atomic mass is 10.7. The van der Waals surface area contributed by atoms with Gasteiger partial charge >= 0.3 is 5.97 Å². The van der Waals surface area contributed by atoms with Crippen molar-refractivity contribution in [1.82, 2.24) is 0 Å². The highest BCUT2D eigenvalue weighted by atomic mass is 32.2. The maximum Gasteiger partial charge on any atom is 0.302 e. The molecule has 2 atom stereocenters. The predicted octanol–water partition coefficient (Wildman–Crippen LogP) is -0.910. The summed E-state index contributed by atoms with van der Waals surface area (Å²) in [5.41, 5.74) is -1.51. The Morgan fingerprint density at radius 3 is 2.60 bits per heavy atom. The Bertz CT molecular complexity index is 145. The van der Waals surface area contributed by atoms with Crippen LogP contribution in [0.2, 0.25) is 0 Å². The van der Waals surface area contributed by atoms with Gasteiger partial charge < -0.3 is 14.4 Å². The van der Waals surface area contributed by atoms with E-state index >= 15 is 0 Å². The van der Waals surface area contributed by atoms with Gasteiger partial charge in [0.1, 0.15) is 6.61 Å². The number of esters is 1. The zero-order valence-corrected chi connectivity index (χ0v) is 6.13. The van der Waals surface area contributed by atoms with E-state index in [1.165, 1.54) is 0 Å². The third-order valence-electron chi connectivity index (χ3n) is 0.662. The van der Waals surface area contributed by atoms with E-state index in [4.69, 9.17) is 9.66 Å². The first-order valence-electron chi connectivity index (χ1n) is 2.45. The number of aliphatic hydroxyl groups excluding tert-OH is 1. The molecule has 0 amide bonds. The lowest BCUT2D eigenvalue weighted by molar-refractivity contribution is -0.142. The molecule has 10 heavy (non-hydrogen) atoms. The molecule has 0 aromatic carbocycles. The van der Waals surface area contributed by atoms with Gasteiger partial charge in [-0.15, -0.1) is 0 Å². The SMILES string of the molecule is CC(=O)OCC(O)S(=O)O. The van der Waals surface area contributed by atoms with E-state index in [2.05, 4.69) is 4.74 Å². The van der Waals surface area contributed by atoms with Crippen LogP contribution >= 0.6 is 0 Å². The summed E-state index contributed by atoms with van der Waals surface area (Å²) in [6.45, 7) is 0.700. The van der Waals surface area contributed by atoms with Gasteiger partial charge in [0.05, 0.1) is 0 Å².